The Kier molecular flexibility index (Phi) is 2.41. The zero-order chi connectivity index (χ0) is 12.5. The molecular formula is C14H12N2O2. The third-order valence-electron chi connectivity index (χ3n) is 2.90. The number of H-pyrrole nitrogens is 1. The van der Waals surface area contributed by atoms with Gasteiger partial charge in [-0.15, -0.1) is 0 Å². The minimum absolute atomic E-state index is 0.149. The van der Waals surface area contributed by atoms with Crippen molar-refractivity contribution in [2.75, 3.05) is 7.11 Å². The zero-order valence-electron chi connectivity index (χ0n) is 9.88. The molecule has 3 aromatic rings. The van der Waals surface area contributed by atoms with Crippen LogP contribution in [0, 0.1) is 0 Å². The molecule has 0 aliphatic carbocycles. The molecule has 90 valence electrons. The van der Waals surface area contributed by atoms with E-state index in [0.717, 1.165) is 22.5 Å². The van der Waals surface area contributed by atoms with E-state index in [9.17, 15) is 4.79 Å². The van der Waals surface area contributed by atoms with E-state index >= 15 is 0 Å². The van der Waals surface area contributed by atoms with Gasteiger partial charge in [0.25, 0.3) is 0 Å². The monoisotopic (exact) mass is 240 g/mol. The molecule has 0 amide bonds. The molecule has 0 fully saturated rings. The molecule has 0 saturated heterocycles. The maximum absolute atomic E-state index is 12.0. The third kappa shape index (κ3) is 1.59. The highest BCUT2D eigenvalue weighted by Crippen LogP contribution is 2.20. The number of hydrogen-bond donors (Lipinski definition) is 1. The van der Waals surface area contributed by atoms with Gasteiger partial charge < -0.3 is 9.72 Å². The van der Waals surface area contributed by atoms with Gasteiger partial charge in [-0.3, -0.25) is 4.57 Å². The van der Waals surface area contributed by atoms with E-state index in [1.54, 1.807) is 11.7 Å². The van der Waals surface area contributed by atoms with Crippen molar-refractivity contribution in [1.29, 1.82) is 0 Å². The number of nitrogens with zero attached hydrogens (tertiary/aromatic N) is 1. The summed E-state index contributed by atoms with van der Waals surface area (Å²) in [5.41, 5.74) is 2.29. The Morgan fingerprint density at radius 2 is 1.89 bits per heavy atom. The number of fused-ring (bicyclic) bond motifs is 1. The molecule has 0 spiro atoms. The molecule has 4 nitrogen and oxygen atoms in total. The fraction of sp³-hybridized carbons (Fsp3) is 0.0714. The predicted octanol–water partition coefficient (Wildman–Crippen LogP) is 2.33. The summed E-state index contributed by atoms with van der Waals surface area (Å²) in [6.45, 7) is 0. The molecule has 1 aromatic heterocycles. The fourth-order valence-corrected chi connectivity index (χ4v) is 2.04. The second kappa shape index (κ2) is 4.07. The molecule has 1 N–H and O–H groups in total. The summed E-state index contributed by atoms with van der Waals surface area (Å²) in [7, 11) is 1.61. The lowest BCUT2D eigenvalue weighted by atomic mass is 10.2. The molecule has 3 rings (SSSR count). The van der Waals surface area contributed by atoms with Crippen molar-refractivity contribution in [3.8, 4) is 11.4 Å². The van der Waals surface area contributed by atoms with Crippen molar-refractivity contribution in [3.63, 3.8) is 0 Å². The van der Waals surface area contributed by atoms with Crippen LogP contribution in [0.25, 0.3) is 16.7 Å². The molecule has 4 heteroatoms. The Labute approximate surface area is 103 Å². The number of nitrogens with one attached hydrogen (secondary N) is 1. The minimum Gasteiger partial charge on any atom is -0.497 e. The summed E-state index contributed by atoms with van der Waals surface area (Å²) >= 11 is 0. The number of ether oxygens (including phenoxy) is 1. The van der Waals surface area contributed by atoms with Gasteiger partial charge in [0, 0.05) is 6.07 Å². The highest BCUT2D eigenvalue weighted by atomic mass is 16.5. The maximum atomic E-state index is 12.0. The third-order valence-corrected chi connectivity index (χ3v) is 2.90. The second-order valence-electron chi connectivity index (χ2n) is 3.98. The largest absolute Gasteiger partial charge is 0.497 e. The maximum Gasteiger partial charge on any atom is 0.331 e. The number of imidazole rings is 1. The summed E-state index contributed by atoms with van der Waals surface area (Å²) < 4.78 is 6.83. The smallest absolute Gasteiger partial charge is 0.331 e. The number of para-hydroxylation sites is 1. The van der Waals surface area contributed by atoms with Gasteiger partial charge in [0.1, 0.15) is 5.75 Å². The standard InChI is InChI=1S/C14H12N2O2/c1-18-11-7-8-12-13(9-11)16(14(17)15-12)10-5-3-2-4-6-10/h2-9H,1H3,(H,15,17). The summed E-state index contributed by atoms with van der Waals surface area (Å²) in [5.74, 6) is 0.728. The van der Waals surface area contributed by atoms with Crippen molar-refractivity contribution in [3.05, 3.63) is 59.0 Å². The first-order valence-corrected chi connectivity index (χ1v) is 5.64. The highest BCUT2D eigenvalue weighted by molar-refractivity contribution is 5.78. The summed E-state index contributed by atoms with van der Waals surface area (Å²) in [6.07, 6.45) is 0. The lowest BCUT2D eigenvalue weighted by Crippen LogP contribution is -2.14. The van der Waals surface area contributed by atoms with Gasteiger partial charge in [-0.05, 0) is 24.3 Å². The first-order valence-electron chi connectivity index (χ1n) is 5.64. The lowest BCUT2D eigenvalue weighted by molar-refractivity contribution is 0.415. The first kappa shape index (κ1) is 10.7. The highest BCUT2D eigenvalue weighted by Gasteiger charge is 2.08. The average molecular weight is 240 g/mol. The summed E-state index contributed by atoms with van der Waals surface area (Å²) in [4.78, 5) is 14.8. The quantitative estimate of drug-likeness (QED) is 0.747. The molecule has 2 aromatic carbocycles. The number of aromatic amines is 1. The summed E-state index contributed by atoms with van der Waals surface area (Å²) in [5, 5.41) is 0. The SMILES string of the molecule is COc1ccc2[nH]c(=O)n(-c3ccccc3)c2c1. The van der Waals surface area contributed by atoms with Crippen molar-refractivity contribution < 1.29 is 4.74 Å². The Morgan fingerprint density at radius 3 is 2.61 bits per heavy atom. The Hall–Kier alpha value is -2.49. The van der Waals surface area contributed by atoms with Crippen LogP contribution in [0.1, 0.15) is 0 Å². The molecular weight excluding hydrogens is 228 g/mol. The molecule has 0 saturated carbocycles. The van der Waals surface area contributed by atoms with Crippen LogP contribution < -0.4 is 10.4 Å². The van der Waals surface area contributed by atoms with Crippen LogP contribution in [-0.4, -0.2) is 16.7 Å². The number of methoxy groups -OCH3 is 1. The van der Waals surface area contributed by atoms with E-state index in [4.69, 9.17) is 4.74 Å². The van der Waals surface area contributed by atoms with Gasteiger partial charge in [0.05, 0.1) is 23.8 Å². The van der Waals surface area contributed by atoms with E-state index in [-0.39, 0.29) is 5.69 Å². The van der Waals surface area contributed by atoms with Crippen LogP contribution in [0.3, 0.4) is 0 Å². The fourth-order valence-electron chi connectivity index (χ4n) is 2.04. The lowest BCUT2D eigenvalue weighted by Gasteiger charge is -2.04. The van der Waals surface area contributed by atoms with Gasteiger partial charge >= 0.3 is 5.69 Å². The van der Waals surface area contributed by atoms with Crippen LogP contribution in [0.4, 0.5) is 0 Å². The molecule has 18 heavy (non-hydrogen) atoms. The van der Waals surface area contributed by atoms with Gasteiger partial charge in [-0.1, -0.05) is 18.2 Å². The zero-order valence-corrected chi connectivity index (χ0v) is 9.88. The van der Waals surface area contributed by atoms with Crippen LogP contribution in [0.15, 0.2) is 53.3 Å². The molecule has 0 unspecified atom stereocenters. The van der Waals surface area contributed by atoms with Crippen molar-refractivity contribution in [1.82, 2.24) is 9.55 Å². The van der Waals surface area contributed by atoms with Crippen molar-refractivity contribution in [2.45, 2.75) is 0 Å². The van der Waals surface area contributed by atoms with E-state index in [2.05, 4.69) is 4.98 Å². The normalized spacial score (nSPS) is 10.7. The van der Waals surface area contributed by atoms with E-state index in [0.29, 0.717) is 0 Å². The Balaban J connectivity index is 2.34. The van der Waals surface area contributed by atoms with Crippen molar-refractivity contribution >= 4 is 11.0 Å². The van der Waals surface area contributed by atoms with Gasteiger partial charge in [-0.2, -0.15) is 0 Å². The van der Waals surface area contributed by atoms with Crippen molar-refractivity contribution in [2.24, 2.45) is 0 Å². The summed E-state index contributed by atoms with van der Waals surface area (Å²) in [6, 6.07) is 15.0. The van der Waals surface area contributed by atoms with Crippen LogP contribution in [-0.2, 0) is 0 Å². The van der Waals surface area contributed by atoms with Gasteiger partial charge in [-0.25, -0.2) is 4.79 Å². The molecule has 0 aliphatic heterocycles. The Morgan fingerprint density at radius 1 is 1.11 bits per heavy atom. The molecule has 0 aliphatic rings. The number of aromatic nitrogens is 2. The number of hydrogen-bond acceptors (Lipinski definition) is 2. The molecule has 1 heterocycles. The minimum atomic E-state index is -0.149. The average Bonchev–Trinajstić information content (AvgIpc) is 2.74. The first-order chi connectivity index (χ1) is 8.79. The number of benzene rings is 2. The topological polar surface area (TPSA) is 47.0 Å². The van der Waals surface area contributed by atoms with Gasteiger partial charge in [0.2, 0.25) is 0 Å². The molecule has 0 bridgehead atoms. The van der Waals surface area contributed by atoms with E-state index in [1.807, 2.05) is 48.5 Å². The van der Waals surface area contributed by atoms with E-state index < -0.39 is 0 Å². The second-order valence-corrected chi connectivity index (χ2v) is 3.98. The van der Waals surface area contributed by atoms with Gasteiger partial charge in [0.15, 0.2) is 0 Å². The Bertz CT molecular complexity index is 741. The molecule has 0 atom stereocenters. The van der Waals surface area contributed by atoms with Crippen LogP contribution in [0.2, 0.25) is 0 Å². The molecule has 0 radical (unpaired) electrons. The predicted molar refractivity (Wildman–Crippen MR) is 70.4 cm³/mol. The van der Waals surface area contributed by atoms with Crippen LogP contribution >= 0.6 is 0 Å². The number of rotatable bonds is 2. The van der Waals surface area contributed by atoms with E-state index in [1.165, 1.54) is 0 Å². The van der Waals surface area contributed by atoms with Crippen LogP contribution in [0.5, 0.6) is 5.75 Å².